The second-order valence-electron chi connectivity index (χ2n) is 5.04. The minimum Gasteiger partial charge on any atom is -0.479 e. The largest absolute Gasteiger partial charge is 0.479 e. The van der Waals surface area contributed by atoms with Crippen LogP contribution in [0.25, 0.3) is 11.6 Å². The van der Waals surface area contributed by atoms with E-state index in [2.05, 4.69) is 6.07 Å². The van der Waals surface area contributed by atoms with Crippen molar-refractivity contribution in [1.82, 2.24) is 0 Å². The average Bonchev–Trinajstić information content (AvgIpc) is 2.51. The number of benzene rings is 2. The van der Waals surface area contributed by atoms with E-state index in [0.717, 1.165) is 11.1 Å². The molecule has 2 aromatic rings. The number of hydrogen-bond donors (Lipinski definition) is 1. The van der Waals surface area contributed by atoms with E-state index in [1.807, 2.05) is 31.2 Å². The summed E-state index contributed by atoms with van der Waals surface area (Å²) in [7, 11) is 0. The number of allylic oxidation sites excluding steroid dienone is 1. The molecule has 0 aromatic heterocycles. The van der Waals surface area contributed by atoms with E-state index >= 15 is 0 Å². The number of ether oxygens (including phenoxy) is 1. The molecule has 0 unspecified atom stereocenters. The Hall–Kier alpha value is -2.48. The van der Waals surface area contributed by atoms with Crippen molar-refractivity contribution in [3.05, 3.63) is 63.1 Å². The maximum Gasteiger partial charge on any atom is 0.341 e. The smallest absolute Gasteiger partial charge is 0.341 e. The first-order chi connectivity index (χ1) is 11.4. The zero-order valence-electron chi connectivity index (χ0n) is 12.7. The summed E-state index contributed by atoms with van der Waals surface area (Å²) >= 11 is 12.2. The van der Waals surface area contributed by atoms with E-state index in [1.165, 1.54) is 0 Å². The third-order valence-electron chi connectivity index (χ3n) is 3.12. The SMILES string of the molecule is Cc1cccc(C(C#N)=Cc2cc(Cl)c(OCC(=O)O)c(Cl)c2)c1. The third-order valence-corrected chi connectivity index (χ3v) is 3.68. The van der Waals surface area contributed by atoms with Gasteiger partial charge in [-0.25, -0.2) is 4.79 Å². The third kappa shape index (κ3) is 4.51. The predicted molar refractivity (Wildman–Crippen MR) is 94.3 cm³/mol. The summed E-state index contributed by atoms with van der Waals surface area (Å²) in [5.41, 5.74) is 2.91. The Morgan fingerprint density at radius 3 is 2.50 bits per heavy atom. The fourth-order valence-corrected chi connectivity index (χ4v) is 2.71. The lowest BCUT2D eigenvalue weighted by molar-refractivity contribution is -0.139. The summed E-state index contributed by atoms with van der Waals surface area (Å²) in [5, 5.41) is 18.4. The lowest BCUT2D eigenvalue weighted by Crippen LogP contribution is -2.10. The Kier molecular flexibility index (Phi) is 5.86. The molecule has 2 aromatic carbocycles. The lowest BCUT2D eigenvalue weighted by Gasteiger charge is -2.09. The van der Waals surface area contributed by atoms with Crippen LogP contribution in [0.5, 0.6) is 5.75 Å². The van der Waals surface area contributed by atoms with Gasteiger partial charge in [-0.15, -0.1) is 0 Å². The molecule has 0 radical (unpaired) electrons. The molecule has 0 fully saturated rings. The topological polar surface area (TPSA) is 70.3 Å². The van der Waals surface area contributed by atoms with Gasteiger partial charge < -0.3 is 9.84 Å². The van der Waals surface area contributed by atoms with Gasteiger partial charge in [0, 0.05) is 0 Å². The molecule has 6 heteroatoms. The zero-order valence-corrected chi connectivity index (χ0v) is 14.2. The molecule has 0 atom stereocenters. The average molecular weight is 362 g/mol. The zero-order chi connectivity index (χ0) is 17.7. The number of carbonyl (C=O) groups is 1. The Bertz CT molecular complexity index is 831. The Morgan fingerprint density at radius 1 is 1.29 bits per heavy atom. The highest BCUT2D eigenvalue weighted by Crippen LogP contribution is 2.35. The summed E-state index contributed by atoms with van der Waals surface area (Å²) in [6.45, 7) is 1.40. The van der Waals surface area contributed by atoms with E-state index < -0.39 is 12.6 Å². The molecule has 0 spiro atoms. The minimum absolute atomic E-state index is 0.104. The number of nitriles is 1. The minimum atomic E-state index is -1.13. The van der Waals surface area contributed by atoms with Crippen molar-refractivity contribution < 1.29 is 14.6 Å². The predicted octanol–water partition coefficient (Wildman–Crippen LogP) is 4.83. The molecule has 0 aliphatic carbocycles. The van der Waals surface area contributed by atoms with Gasteiger partial charge in [-0.2, -0.15) is 5.26 Å². The molecule has 0 amide bonds. The van der Waals surface area contributed by atoms with Crippen molar-refractivity contribution in [2.45, 2.75) is 6.92 Å². The van der Waals surface area contributed by atoms with E-state index in [9.17, 15) is 10.1 Å². The fraction of sp³-hybridized carbons (Fsp3) is 0.111. The Balaban J connectivity index is 2.38. The molecular weight excluding hydrogens is 349 g/mol. The van der Waals surface area contributed by atoms with Crippen LogP contribution in [0.2, 0.25) is 10.0 Å². The maximum absolute atomic E-state index is 10.6. The molecule has 0 heterocycles. The van der Waals surface area contributed by atoms with Crippen molar-refractivity contribution in [3.8, 4) is 11.8 Å². The van der Waals surface area contributed by atoms with Crippen LogP contribution >= 0.6 is 23.2 Å². The number of rotatable bonds is 5. The molecule has 122 valence electrons. The molecular formula is C18H13Cl2NO3. The molecule has 1 N–H and O–H groups in total. The van der Waals surface area contributed by atoms with Gasteiger partial charge in [0.15, 0.2) is 12.4 Å². The van der Waals surface area contributed by atoms with Crippen molar-refractivity contribution in [2.24, 2.45) is 0 Å². The number of carboxylic acid groups (broad SMARTS) is 1. The van der Waals surface area contributed by atoms with Gasteiger partial charge in [-0.1, -0.05) is 53.0 Å². The first-order valence-corrected chi connectivity index (χ1v) is 7.69. The molecule has 0 bridgehead atoms. The summed E-state index contributed by atoms with van der Waals surface area (Å²) < 4.78 is 5.07. The number of aliphatic carboxylic acids is 1. The monoisotopic (exact) mass is 361 g/mol. The highest BCUT2D eigenvalue weighted by molar-refractivity contribution is 6.37. The van der Waals surface area contributed by atoms with Gasteiger partial charge >= 0.3 is 5.97 Å². The standard InChI is InChI=1S/C18H13Cl2NO3/c1-11-3-2-4-13(5-11)14(9-21)6-12-7-15(19)18(16(20)8-12)24-10-17(22)23/h2-8H,10H2,1H3,(H,22,23). The van der Waals surface area contributed by atoms with Crippen LogP contribution in [0.1, 0.15) is 16.7 Å². The Labute approximate surface area is 149 Å². The highest BCUT2D eigenvalue weighted by atomic mass is 35.5. The highest BCUT2D eigenvalue weighted by Gasteiger charge is 2.11. The molecule has 0 aliphatic rings. The number of nitrogens with zero attached hydrogens (tertiary/aromatic N) is 1. The normalized spacial score (nSPS) is 11.0. The molecule has 24 heavy (non-hydrogen) atoms. The van der Waals surface area contributed by atoms with E-state index in [-0.39, 0.29) is 15.8 Å². The maximum atomic E-state index is 10.6. The van der Waals surface area contributed by atoms with Gasteiger partial charge in [0.1, 0.15) is 0 Å². The molecule has 2 rings (SSSR count). The van der Waals surface area contributed by atoms with Gasteiger partial charge in [-0.3, -0.25) is 0 Å². The molecule has 0 saturated carbocycles. The first kappa shape index (κ1) is 17.9. The van der Waals surface area contributed by atoms with Gasteiger partial charge in [0.25, 0.3) is 0 Å². The summed E-state index contributed by atoms with van der Waals surface area (Å²) in [4.78, 5) is 10.6. The number of carboxylic acids is 1. The van der Waals surface area contributed by atoms with E-state index in [4.69, 9.17) is 33.0 Å². The van der Waals surface area contributed by atoms with Crippen LogP contribution in [0.15, 0.2) is 36.4 Å². The van der Waals surface area contributed by atoms with Crippen molar-refractivity contribution in [3.63, 3.8) is 0 Å². The fourth-order valence-electron chi connectivity index (χ4n) is 2.09. The van der Waals surface area contributed by atoms with Crippen molar-refractivity contribution >= 4 is 40.8 Å². The van der Waals surface area contributed by atoms with Crippen LogP contribution < -0.4 is 4.74 Å². The van der Waals surface area contributed by atoms with Crippen LogP contribution in [0, 0.1) is 18.3 Å². The van der Waals surface area contributed by atoms with Gasteiger partial charge in [0.2, 0.25) is 0 Å². The van der Waals surface area contributed by atoms with Crippen LogP contribution in [0.3, 0.4) is 0 Å². The van der Waals surface area contributed by atoms with Crippen molar-refractivity contribution in [2.75, 3.05) is 6.61 Å². The first-order valence-electron chi connectivity index (χ1n) is 6.93. The van der Waals surface area contributed by atoms with Crippen LogP contribution in [-0.4, -0.2) is 17.7 Å². The molecule has 0 aliphatic heterocycles. The summed E-state index contributed by atoms with van der Waals surface area (Å²) in [5.74, 6) is -1.02. The number of aryl methyl sites for hydroxylation is 1. The van der Waals surface area contributed by atoms with Gasteiger partial charge in [-0.05, 0) is 36.3 Å². The quantitative estimate of drug-likeness (QED) is 0.611. The Morgan fingerprint density at radius 2 is 1.96 bits per heavy atom. The number of hydrogen-bond acceptors (Lipinski definition) is 3. The molecule has 0 saturated heterocycles. The van der Waals surface area contributed by atoms with Crippen molar-refractivity contribution in [1.29, 1.82) is 5.26 Å². The van der Waals surface area contributed by atoms with E-state index in [0.29, 0.717) is 11.1 Å². The molecule has 4 nitrogen and oxygen atoms in total. The van der Waals surface area contributed by atoms with E-state index in [1.54, 1.807) is 18.2 Å². The van der Waals surface area contributed by atoms with Crippen LogP contribution in [-0.2, 0) is 4.79 Å². The second-order valence-corrected chi connectivity index (χ2v) is 5.85. The van der Waals surface area contributed by atoms with Crippen LogP contribution in [0.4, 0.5) is 0 Å². The number of halogens is 2. The summed E-state index contributed by atoms with van der Waals surface area (Å²) in [6, 6.07) is 12.9. The lowest BCUT2D eigenvalue weighted by atomic mass is 10.0. The van der Waals surface area contributed by atoms with Gasteiger partial charge in [0.05, 0.1) is 21.7 Å². The second kappa shape index (κ2) is 7.87. The summed E-state index contributed by atoms with van der Waals surface area (Å²) in [6.07, 6.45) is 1.66.